The van der Waals surface area contributed by atoms with Gasteiger partial charge in [0.2, 0.25) is 11.8 Å². The van der Waals surface area contributed by atoms with Crippen LogP contribution in [0.4, 0.5) is 25.3 Å². The number of piperazine rings is 1. The van der Waals surface area contributed by atoms with E-state index in [9.17, 15) is 19.2 Å². The predicted octanol–water partition coefficient (Wildman–Crippen LogP) is 5.79. The number of thiazole rings is 1. The first-order chi connectivity index (χ1) is 31.2. The molecule has 0 saturated carbocycles. The van der Waals surface area contributed by atoms with Crippen molar-refractivity contribution in [2.75, 3.05) is 67.9 Å². The van der Waals surface area contributed by atoms with Crippen LogP contribution in [0.25, 0.3) is 11.1 Å². The summed E-state index contributed by atoms with van der Waals surface area (Å²) in [6.07, 6.45) is 8.09. The number of benzene rings is 3. The fourth-order valence-electron chi connectivity index (χ4n) is 10.00. The summed E-state index contributed by atoms with van der Waals surface area (Å²) in [5.41, 5.74) is 5.48. The molecule has 10 rings (SSSR count). The third kappa shape index (κ3) is 8.33. The van der Waals surface area contributed by atoms with E-state index in [2.05, 4.69) is 35.7 Å². The maximum atomic E-state index is 15.9. The number of hydrogen-bond donors (Lipinski definition) is 3. The third-order valence-electron chi connectivity index (χ3n) is 13.5. The summed E-state index contributed by atoms with van der Waals surface area (Å²) in [6.45, 7) is 5.67. The van der Waals surface area contributed by atoms with Crippen molar-refractivity contribution >= 4 is 51.5 Å². The molecule has 3 fully saturated rings. The van der Waals surface area contributed by atoms with Crippen molar-refractivity contribution in [3.05, 3.63) is 112 Å². The molecule has 3 N–H and O–H groups in total. The molecule has 64 heavy (non-hydrogen) atoms. The van der Waals surface area contributed by atoms with Crippen LogP contribution in [0, 0.1) is 11.6 Å². The smallest absolute Gasteiger partial charge is 0.255 e. The number of fused-ring (bicyclic) bond motifs is 2. The standard InChI is InChI=1S/C47H50F2N10O4S/c48-37-24-31(23-35-36(37)26-59(46(35)63)43(45(62)54-47-51-14-22-64-47)42-40-4-2-15-58(40)28-52-42)29-5-8-33(9-6-29)56-18-20-57(21-19-56)41(60)27-55-16-11-30(12-17-55)34-10-7-32(25-38(34)49)53-39-3-1-13-50-44(39)61/h5-10,14,22-25,28,30,39,43,53H,1-4,11-13,15-21,26-27H2,(H,50,61)(H,51,54,62)/t39-,43?/m0/s1. The largest absolute Gasteiger partial charge is 0.374 e. The number of likely N-dealkylation sites (tertiary alicyclic amines) is 1. The number of hydrogen-bond acceptors (Lipinski definition) is 10. The highest BCUT2D eigenvalue weighted by atomic mass is 32.1. The van der Waals surface area contributed by atoms with E-state index in [1.807, 2.05) is 45.9 Å². The van der Waals surface area contributed by atoms with Gasteiger partial charge in [0.25, 0.3) is 11.8 Å². The molecule has 0 radical (unpaired) electrons. The first-order valence-corrected chi connectivity index (χ1v) is 23.1. The third-order valence-corrected chi connectivity index (χ3v) is 14.2. The Kier molecular flexibility index (Phi) is 11.6. The SMILES string of the molecule is O=C(Nc1nccs1)C(c1ncn2c1CCC2)N1Cc2c(F)cc(-c3ccc(N4CCN(C(=O)CN5CCC(c6ccc(N[C@H]7CCCNC7=O)cc6F)CC5)CC4)cc3)cc2C1=O. The fourth-order valence-corrected chi connectivity index (χ4v) is 10.5. The molecule has 0 spiro atoms. The number of piperidine rings is 2. The van der Waals surface area contributed by atoms with Crippen molar-refractivity contribution in [2.45, 2.75) is 69.6 Å². The van der Waals surface area contributed by atoms with Gasteiger partial charge in [0.05, 0.1) is 25.1 Å². The maximum absolute atomic E-state index is 15.9. The molecule has 4 amide bonds. The molecule has 5 aliphatic heterocycles. The zero-order chi connectivity index (χ0) is 43.9. The van der Waals surface area contributed by atoms with E-state index < -0.39 is 23.7 Å². The predicted molar refractivity (Wildman–Crippen MR) is 239 cm³/mol. The van der Waals surface area contributed by atoms with Crippen molar-refractivity contribution < 1.29 is 28.0 Å². The van der Waals surface area contributed by atoms with Gasteiger partial charge in [-0.2, -0.15) is 0 Å². The Morgan fingerprint density at radius 3 is 2.44 bits per heavy atom. The molecule has 3 aromatic carbocycles. The fraction of sp³-hybridized carbons (Fsp3) is 0.404. The van der Waals surface area contributed by atoms with E-state index >= 15 is 8.78 Å². The van der Waals surface area contributed by atoms with Gasteiger partial charge in [0.15, 0.2) is 11.2 Å². The van der Waals surface area contributed by atoms with Gasteiger partial charge in [0.1, 0.15) is 17.7 Å². The van der Waals surface area contributed by atoms with E-state index in [0.29, 0.717) is 80.0 Å². The van der Waals surface area contributed by atoms with Crippen LogP contribution in [-0.4, -0.2) is 111 Å². The highest BCUT2D eigenvalue weighted by molar-refractivity contribution is 7.13. The number of halogens is 2. The van der Waals surface area contributed by atoms with Gasteiger partial charge in [-0.05, 0) is 111 Å². The lowest BCUT2D eigenvalue weighted by molar-refractivity contribution is -0.133. The van der Waals surface area contributed by atoms with E-state index in [1.54, 1.807) is 24.0 Å². The van der Waals surface area contributed by atoms with Crippen LogP contribution in [-0.2, 0) is 33.9 Å². The number of aryl methyl sites for hydroxylation is 1. The molecule has 0 bridgehead atoms. The minimum absolute atomic E-state index is 0.0521. The van der Waals surface area contributed by atoms with Gasteiger partial charge in [-0.3, -0.25) is 29.4 Å². The lowest BCUT2D eigenvalue weighted by atomic mass is 9.89. The summed E-state index contributed by atoms with van der Waals surface area (Å²) < 4.78 is 33.2. The van der Waals surface area contributed by atoms with Gasteiger partial charge in [-0.15, -0.1) is 11.3 Å². The Balaban J connectivity index is 0.730. The lowest BCUT2D eigenvalue weighted by Crippen LogP contribution is -2.51. The zero-order valence-electron chi connectivity index (χ0n) is 35.4. The van der Waals surface area contributed by atoms with Crippen LogP contribution in [0.5, 0.6) is 0 Å². The summed E-state index contributed by atoms with van der Waals surface area (Å²) in [7, 11) is 0. The maximum Gasteiger partial charge on any atom is 0.255 e. The number of nitrogens with zero attached hydrogens (tertiary/aromatic N) is 7. The number of aromatic nitrogens is 3. The van der Waals surface area contributed by atoms with E-state index in [4.69, 9.17) is 0 Å². The molecular formula is C47H50F2N10O4S. The number of nitrogens with one attached hydrogen (secondary N) is 3. The van der Waals surface area contributed by atoms with E-state index in [-0.39, 0.29) is 47.3 Å². The number of carbonyl (C=O) groups excluding carboxylic acids is 4. The topological polar surface area (TPSA) is 148 Å². The molecule has 2 atom stereocenters. The van der Waals surface area contributed by atoms with Crippen LogP contribution in [0.1, 0.15) is 76.9 Å². The summed E-state index contributed by atoms with van der Waals surface area (Å²) >= 11 is 1.28. The quantitative estimate of drug-likeness (QED) is 0.150. The number of rotatable bonds is 11. The van der Waals surface area contributed by atoms with Crippen molar-refractivity contribution in [1.82, 2.24) is 34.6 Å². The van der Waals surface area contributed by atoms with Gasteiger partial charge in [-0.25, -0.2) is 18.7 Å². The number of carbonyl (C=O) groups is 4. The highest BCUT2D eigenvalue weighted by Gasteiger charge is 2.42. The van der Waals surface area contributed by atoms with Gasteiger partial charge in [0, 0.05) is 79.0 Å². The molecule has 5 aromatic rings. The van der Waals surface area contributed by atoms with Gasteiger partial charge < -0.3 is 29.9 Å². The van der Waals surface area contributed by atoms with Crippen molar-refractivity contribution in [3.63, 3.8) is 0 Å². The van der Waals surface area contributed by atoms with E-state index in [0.717, 1.165) is 62.0 Å². The Hall–Kier alpha value is -6.20. The summed E-state index contributed by atoms with van der Waals surface area (Å²) in [6, 6.07) is 14.7. The highest BCUT2D eigenvalue weighted by Crippen LogP contribution is 2.38. The van der Waals surface area contributed by atoms with Crippen LogP contribution < -0.4 is 20.9 Å². The number of imidazole rings is 1. The molecule has 332 valence electrons. The monoisotopic (exact) mass is 888 g/mol. The lowest BCUT2D eigenvalue weighted by Gasteiger charge is -2.38. The Labute approximate surface area is 373 Å². The van der Waals surface area contributed by atoms with Crippen LogP contribution in [0.2, 0.25) is 0 Å². The van der Waals surface area contributed by atoms with Crippen molar-refractivity contribution in [2.24, 2.45) is 0 Å². The second kappa shape index (κ2) is 17.8. The van der Waals surface area contributed by atoms with E-state index in [1.165, 1.54) is 28.4 Å². The molecular weight excluding hydrogens is 839 g/mol. The molecule has 7 heterocycles. The van der Waals surface area contributed by atoms with Crippen molar-refractivity contribution in [1.29, 1.82) is 0 Å². The summed E-state index contributed by atoms with van der Waals surface area (Å²) in [4.78, 5) is 70.0. The molecule has 3 saturated heterocycles. The average Bonchev–Trinajstić information content (AvgIpc) is 4.13. The van der Waals surface area contributed by atoms with Crippen LogP contribution in [0.3, 0.4) is 0 Å². The Morgan fingerprint density at radius 1 is 0.875 bits per heavy atom. The molecule has 0 aliphatic carbocycles. The number of anilines is 3. The Bertz CT molecular complexity index is 2570. The minimum atomic E-state index is -1.06. The summed E-state index contributed by atoms with van der Waals surface area (Å²) in [5.74, 6) is -1.53. The zero-order valence-corrected chi connectivity index (χ0v) is 36.2. The molecule has 17 heteroatoms. The van der Waals surface area contributed by atoms with Gasteiger partial charge in [-0.1, -0.05) is 18.2 Å². The van der Waals surface area contributed by atoms with Crippen LogP contribution in [0.15, 0.2) is 72.5 Å². The normalized spacial score (nSPS) is 19.7. The first kappa shape index (κ1) is 41.8. The molecule has 14 nitrogen and oxygen atoms in total. The number of amides is 4. The minimum Gasteiger partial charge on any atom is -0.374 e. The second-order valence-corrected chi connectivity index (χ2v) is 18.2. The second-order valence-electron chi connectivity index (χ2n) is 17.4. The molecule has 1 unspecified atom stereocenters. The van der Waals surface area contributed by atoms with Crippen molar-refractivity contribution in [3.8, 4) is 11.1 Å². The Morgan fingerprint density at radius 2 is 1.69 bits per heavy atom. The van der Waals surface area contributed by atoms with Gasteiger partial charge >= 0.3 is 0 Å². The first-order valence-electron chi connectivity index (χ1n) is 22.2. The summed E-state index contributed by atoms with van der Waals surface area (Å²) in [5, 5.41) is 11.0. The molecule has 5 aliphatic rings. The molecule has 2 aromatic heterocycles. The van der Waals surface area contributed by atoms with Crippen LogP contribution >= 0.6 is 11.3 Å². The average molecular weight is 889 g/mol.